The van der Waals surface area contributed by atoms with Crippen molar-refractivity contribution in [3.8, 4) is 11.5 Å². The lowest BCUT2D eigenvalue weighted by atomic mass is 10.1. The van der Waals surface area contributed by atoms with Gasteiger partial charge in [-0.15, -0.1) is 0 Å². The van der Waals surface area contributed by atoms with Crippen LogP contribution in [0.2, 0.25) is 0 Å². The molecule has 1 aromatic carbocycles. The highest BCUT2D eigenvalue weighted by Gasteiger charge is 2.27. The van der Waals surface area contributed by atoms with Crippen LogP contribution in [-0.4, -0.2) is 66.0 Å². The van der Waals surface area contributed by atoms with E-state index in [0.717, 1.165) is 39.4 Å². The predicted octanol–water partition coefficient (Wildman–Crippen LogP) is 4.13. The molecule has 4 aromatic heterocycles. The summed E-state index contributed by atoms with van der Waals surface area (Å²) in [6, 6.07) is 11.6. The van der Waals surface area contributed by atoms with Gasteiger partial charge in [-0.3, -0.25) is 4.79 Å². The minimum Gasteiger partial charge on any atom is -0.457 e. The fourth-order valence-corrected chi connectivity index (χ4v) is 4.80. The Morgan fingerprint density at radius 3 is 2.82 bits per heavy atom. The number of hydrogen-bond acceptors (Lipinski definition) is 9. The maximum Gasteiger partial charge on any atom is 0.246 e. The van der Waals surface area contributed by atoms with Crippen molar-refractivity contribution in [3.63, 3.8) is 0 Å². The molecule has 1 saturated heterocycles. The molecule has 1 aliphatic rings. The van der Waals surface area contributed by atoms with Crippen molar-refractivity contribution in [3.05, 3.63) is 79.7 Å². The Balaban J connectivity index is 1.22. The van der Waals surface area contributed by atoms with E-state index in [9.17, 15) is 4.79 Å². The Morgan fingerprint density at radius 2 is 2.00 bits per heavy atom. The van der Waals surface area contributed by atoms with Crippen LogP contribution < -0.4 is 15.0 Å². The molecular weight excluding hydrogens is 494 g/mol. The van der Waals surface area contributed by atoms with Gasteiger partial charge >= 0.3 is 0 Å². The standard InChI is InChI=1S/C28H27N9O2/c1-4-27(38)36-10-9-35(15-19(36)3)25-13-22-23(14-29-25)30-16-32-28(22)34-20-5-6-24(18(2)11-20)39-21-7-8-37-26(12-21)31-17-33-37/h4-8,11-14,16-17,19H,1,9-10,15H2,2-3H3,(H,30,32,34)/t19-/m1/s1. The van der Waals surface area contributed by atoms with Gasteiger partial charge in [-0.2, -0.15) is 5.10 Å². The number of hydrogen-bond donors (Lipinski definition) is 1. The average molecular weight is 522 g/mol. The number of nitrogens with one attached hydrogen (secondary N) is 1. The third-order valence-corrected chi connectivity index (χ3v) is 6.83. The number of fused-ring (bicyclic) bond motifs is 2. The number of amides is 1. The molecule has 6 rings (SSSR count). The van der Waals surface area contributed by atoms with E-state index in [-0.39, 0.29) is 11.9 Å². The SMILES string of the molecule is C=CC(=O)N1CCN(c2cc3c(Nc4ccc(Oc5ccn6ncnc6c5)c(C)c4)ncnc3cn2)C[C@H]1C. The van der Waals surface area contributed by atoms with E-state index < -0.39 is 0 Å². The van der Waals surface area contributed by atoms with Crippen molar-refractivity contribution < 1.29 is 9.53 Å². The Kier molecular flexibility index (Phi) is 6.23. The first kappa shape index (κ1) is 24.3. The molecular formula is C28H27N9O2. The zero-order valence-corrected chi connectivity index (χ0v) is 21.7. The van der Waals surface area contributed by atoms with Crippen LogP contribution in [0, 0.1) is 6.92 Å². The molecule has 0 radical (unpaired) electrons. The molecule has 11 heteroatoms. The molecule has 1 atom stereocenters. The molecule has 5 heterocycles. The van der Waals surface area contributed by atoms with E-state index in [4.69, 9.17) is 4.74 Å². The summed E-state index contributed by atoms with van der Waals surface area (Å²) in [6.45, 7) is 9.62. The third kappa shape index (κ3) is 4.81. The number of benzene rings is 1. The summed E-state index contributed by atoms with van der Waals surface area (Å²) in [5.41, 5.74) is 3.29. The fraction of sp³-hybridized carbons (Fsp3) is 0.214. The first-order chi connectivity index (χ1) is 19.0. The molecule has 39 heavy (non-hydrogen) atoms. The number of piperazine rings is 1. The first-order valence-electron chi connectivity index (χ1n) is 12.6. The van der Waals surface area contributed by atoms with Gasteiger partial charge in [0.2, 0.25) is 5.91 Å². The van der Waals surface area contributed by atoms with Crippen LogP contribution in [0.4, 0.5) is 17.3 Å². The molecule has 1 fully saturated rings. The summed E-state index contributed by atoms with van der Waals surface area (Å²) in [5, 5.41) is 8.40. The number of aromatic nitrogens is 6. The van der Waals surface area contributed by atoms with Crippen molar-refractivity contribution in [1.29, 1.82) is 0 Å². The second kappa shape index (κ2) is 10.0. The smallest absolute Gasteiger partial charge is 0.246 e. The molecule has 11 nitrogen and oxygen atoms in total. The Labute approximate surface area is 224 Å². The number of nitrogens with zero attached hydrogens (tertiary/aromatic N) is 8. The molecule has 0 bridgehead atoms. The molecule has 0 aliphatic carbocycles. The molecule has 5 aromatic rings. The van der Waals surface area contributed by atoms with E-state index in [2.05, 4.69) is 41.8 Å². The minimum absolute atomic E-state index is 0.0448. The van der Waals surface area contributed by atoms with Crippen molar-refractivity contribution in [2.45, 2.75) is 19.9 Å². The predicted molar refractivity (Wildman–Crippen MR) is 148 cm³/mol. The van der Waals surface area contributed by atoms with Crippen molar-refractivity contribution >= 4 is 39.8 Å². The average Bonchev–Trinajstić information content (AvgIpc) is 3.42. The molecule has 0 saturated carbocycles. The summed E-state index contributed by atoms with van der Waals surface area (Å²) < 4.78 is 7.79. The van der Waals surface area contributed by atoms with E-state index in [1.54, 1.807) is 10.7 Å². The van der Waals surface area contributed by atoms with Gasteiger partial charge < -0.3 is 19.9 Å². The van der Waals surface area contributed by atoms with Crippen LogP contribution in [0.25, 0.3) is 16.6 Å². The Bertz CT molecular complexity index is 1700. The summed E-state index contributed by atoms with van der Waals surface area (Å²) in [6.07, 6.45) is 7.98. The van der Waals surface area contributed by atoms with Gasteiger partial charge in [-0.25, -0.2) is 24.5 Å². The van der Waals surface area contributed by atoms with Crippen molar-refractivity contribution in [1.82, 2.24) is 34.4 Å². The van der Waals surface area contributed by atoms with Crippen molar-refractivity contribution in [2.24, 2.45) is 0 Å². The third-order valence-electron chi connectivity index (χ3n) is 6.83. The highest BCUT2D eigenvalue weighted by atomic mass is 16.5. The molecule has 196 valence electrons. The number of aryl methyl sites for hydroxylation is 1. The van der Waals surface area contributed by atoms with Crippen LogP contribution in [0.1, 0.15) is 12.5 Å². The highest BCUT2D eigenvalue weighted by Crippen LogP contribution is 2.31. The van der Waals surface area contributed by atoms with Crippen LogP contribution in [0.3, 0.4) is 0 Å². The van der Waals surface area contributed by atoms with E-state index in [0.29, 0.717) is 31.2 Å². The lowest BCUT2D eigenvalue weighted by Crippen LogP contribution is -2.53. The maximum atomic E-state index is 12.1. The number of anilines is 3. The summed E-state index contributed by atoms with van der Waals surface area (Å²) in [5.74, 6) is 2.89. The number of pyridine rings is 2. The maximum absolute atomic E-state index is 12.1. The van der Waals surface area contributed by atoms with Crippen molar-refractivity contribution in [2.75, 3.05) is 29.9 Å². The van der Waals surface area contributed by atoms with Crippen LogP contribution >= 0.6 is 0 Å². The van der Waals surface area contributed by atoms with Gasteiger partial charge in [-0.05, 0) is 55.8 Å². The number of carbonyl (C=O) groups excluding carboxylic acids is 1. The molecule has 1 aliphatic heterocycles. The first-order valence-corrected chi connectivity index (χ1v) is 12.6. The van der Waals surface area contributed by atoms with Gasteiger partial charge in [0.05, 0.1) is 11.7 Å². The van der Waals surface area contributed by atoms with E-state index >= 15 is 0 Å². The topological polar surface area (TPSA) is 114 Å². The van der Waals surface area contributed by atoms with Gasteiger partial charge in [0.25, 0.3) is 0 Å². The normalized spacial score (nSPS) is 15.5. The Morgan fingerprint density at radius 1 is 1.10 bits per heavy atom. The van der Waals surface area contributed by atoms with Gasteiger partial charge in [0.1, 0.15) is 35.8 Å². The molecule has 0 unspecified atom stereocenters. The molecule has 0 spiro atoms. The molecule has 1 amide bonds. The largest absolute Gasteiger partial charge is 0.457 e. The van der Waals surface area contributed by atoms with Gasteiger partial charge in [0.15, 0.2) is 5.65 Å². The van der Waals surface area contributed by atoms with Crippen LogP contribution in [0.5, 0.6) is 11.5 Å². The summed E-state index contributed by atoms with van der Waals surface area (Å²) >= 11 is 0. The minimum atomic E-state index is -0.0448. The second-order valence-corrected chi connectivity index (χ2v) is 9.45. The van der Waals surface area contributed by atoms with Crippen LogP contribution in [-0.2, 0) is 4.79 Å². The molecule has 1 N–H and O–H groups in total. The van der Waals surface area contributed by atoms with Gasteiger partial charge in [-0.1, -0.05) is 6.58 Å². The van der Waals surface area contributed by atoms with Crippen LogP contribution in [0.15, 0.2) is 74.1 Å². The second-order valence-electron chi connectivity index (χ2n) is 9.45. The zero-order valence-electron chi connectivity index (χ0n) is 21.7. The quantitative estimate of drug-likeness (QED) is 0.329. The Hall–Kier alpha value is -5.06. The fourth-order valence-electron chi connectivity index (χ4n) is 4.80. The lowest BCUT2D eigenvalue weighted by molar-refractivity contribution is -0.128. The number of rotatable bonds is 6. The highest BCUT2D eigenvalue weighted by molar-refractivity contribution is 5.92. The van der Waals surface area contributed by atoms with E-state index in [1.165, 1.54) is 18.7 Å². The monoisotopic (exact) mass is 521 g/mol. The zero-order chi connectivity index (χ0) is 26.9. The summed E-state index contributed by atoms with van der Waals surface area (Å²) in [4.78, 5) is 33.9. The van der Waals surface area contributed by atoms with E-state index in [1.807, 2.05) is 61.3 Å². The lowest BCUT2D eigenvalue weighted by Gasteiger charge is -2.40. The van der Waals surface area contributed by atoms with Gasteiger partial charge in [0, 0.05) is 49.0 Å². The number of carbonyl (C=O) groups is 1. The number of ether oxygens (including phenoxy) is 1. The summed E-state index contributed by atoms with van der Waals surface area (Å²) in [7, 11) is 0.